The zero-order chi connectivity index (χ0) is 22.1. The number of carbonyl (C=O) groups is 2. The van der Waals surface area contributed by atoms with Crippen LogP contribution in [0.25, 0.3) is 10.9 Å². The Morgan fingerprint density at radius 1 is 1.32 bits per heavy atom. The number of amides is 2. The Hall–Kier alpha value is -3.20. The van der Waals surface area contributed by atoms with Crippen LogP contribution in [-0.2, 0) is 29.4 Å². The summed E-state index contributed by atoms with van der Waals surface area (Å²) in [4.78, 5) is 33.1. The summed E-state index contributed by atoms with van der Waals surface area (Å²) in [5.41, 5.74) is 2.79. The average molecular weight is 425 g/mol. The molecule has 164 valence electrons. The van der Waals surface area contributed by atoms with Crippen LogP contribution in [0.1, 0.15) is 27.6 Å². The lowest BCUT2D eigenvalue weighted by atomic mass is 10.0. The molecule has 9 heteroatoms. The molecule has 1 saturated heterocycles. The summed E-state index contributed by atoms with van der Waals surface area (Å²) in [5, 5.41) is 7.90. The van der Waals surface area contributed by atoms with Gasteiger partial charge in [-0.05, 0) is 37.1 Å². The van der Waals surface area contributed by atoms with E-state index in [0.29, 0.717) is 43.4 Å². The number of rotatable bonds is 5. The molecule has 0 bridgehead atoms. The summed E-state index contributed by atoms with van der Waals surface area (Å²) >= 11 is 0. The van der Waals surface area contributed by atoms with Crippen molar-refractivity contribution >= 4 is 22.7 Å². The van der Waals surface area contributed by atoms with Gasteiger partial charge in [-0.3, -0.25) is 14.7 Å². The predicted molar refractivity (Wildman–Crippen MR) is 116 cm³/mol. The Balaban J connectivity index is 1.59. The highest BCUT2D eigenvalue weighted by Crippen LogP contribution is 2.26. The number of benzene rings is 1. The molecular formula is C22H28N6O3. The van der Waals surface area contributed by atoms with Crippen molar-refractivity contribution in [3.63, 3.8) is 0 Å². The molecule has 0 radical (unpaired) electrons. The lowest BCUT2D eigenvalue weighted by molar-refractivity contribution is -0.139. The highest BCUT2D eigenvalue weighted by atomic mass is 16.5. The van der Waals surface area contributed by atoms with Gasteiger partial charge in [0.1, 0.15) is 5.82 Å². The summed E-state index contributed by atoms with van der Waals surface area (Å²) < 4.78 is 7.76. The van der Waals surface area contributed by atoms with E-state index in [4.69, 9.17) is 4.74 Å². The zero-order valence-electron chi connectivity index (χ0n) is 18.4. The average Bonchev–Trinajstić information content (AvgIpc) is 3.30. The van der Waals surface area contributed by atoms with Crippen LogP contribution in [0, 0.1) is 6.92 Å². The quantitative estimate of drug-likeness (QED) is 0.666. The first-order valence-corrected chi connectivity index (χ1v) is 10.4. The van der Waals surface area contributed by atoms with Crippen LogP contribution in [0.3, 0.4) is 0 Å². The monoisotopic (exact) mass is 424 g/mol. The van der Waals surface area contributed by atoms with E-state index in [2.05, 4.69) is 25.9 Å². The van der Waals surface area contributed by atoms with Crippen molar-refractivity contribution in [1.82, 2.24) is 29.5 Å². The molecular weight excluding hydrogens is 396 g/mol. The fourth-order valence-corrected chi connectivity index (χ4v) is 4.14. The highest BCUT2D eigenvalue weighted by Gasteiger charge is 2.29. The van der Waals surface area contributed by atoms with Crippen molar-refractivity contribution < 1.29 is 14.3 Å². The van der Waals surface area contributed by atoms with Crippen molar-refractivity contribution in [2.75, 3.05) is 33.9 Å². The van der Waals surface area contributed by atoms with Gasteiger partial charge >= 0.3 is 0 Å². The van der Waals surface area contributed by atoms with E-state index in [0.717, 1.165) is 16.5 Å². The number of aromatic nitrogens is 4. The Labute approximate surface area is 181 Å². The van der Waals surface area contributed by atoms with Gasteiger partial charge in [-0.1, -0.05) is 0 Å². The van der Waals surface area contributed by atoms with Gasteiger partial charge in [-0.15, -0.1) is 0 Å². The smallest absolute Gasteiger partial charge is 0.253 e. The van der Waals surface area contributed by atoms with E-state index < -0.39 is 0 Å². The molecule has 1 N–H and O–H groups in total. The van der Waals surface area contributed by atoms with E-state index in [-0.39, 0.29) is 24.3 Å². The molecule has 1 aliphatic heterocycles. The summed E-state index contributed by atoms with van der Waals surface area (Å²) in [6.07, 6.45) is 2.89. The van der Waals surface area contributed by atoms with Crippen LogP contribution in [0.4, 0.5) is 0 Å². The molecule has 3 aromatic rings. The Bertz CT molecular complexity index is 1120. The molecule has 0 spiro atoms. The number of nitrogens with zero attached hydrogens (tertiary/aromatic N) is 5. The molecule has 4 rings (SSSR count). The topological polar surface area (TPSA) is 96.3 Å². The normalized spacial score (nSPS) is 16.6. The second kappa shape index (κ2) is 8.50. The highest BCUT2D eigenvalue weighted by molar-refractivity contribution is 5.98. The fourth-order valence-electron chi connectivity index (χ4n) is 4.14. The molecule has 1 aromatic carbocycles. The SMILES string of the molecule is Cc1nc(CC(=O)N2CCOC[C@@H]2Cc2cn(C)c3ccc(C(=O)N(C)C)cc23)n[nH]1. The van der Waals surface area contributed by atoms with Crippen molar-refractivity contribution in [2.45, 2.75) is 25.8 Å². The molecule has 0 unspecified atom stereocenters. The van der Waals surface area contributed by atoms with Gasteiger partial charge in [-0.2, -0.15) is 5.10 Å². The van der Waals surface area contributed by atoms with E-state index in [1.54, 1.807) is 19.0 Å². The van der Waals surface area contributed by atoms with Crippen molar-refractivity contribution in [3.05, 3.63) is 47.2 Å². The van der Waals surface area contributed by atoms with Crippen LogP contribution in [0.5, 0.6) is 0 Å². The van der Waals surface area contributed by atoms with E-state index in [9.17, 15) is 9.59 Å². The Morgan fingerprint density at radius 2 is 2.13 bits per heavy atom. The molecule has 1 atom stereocenters. The first-order chi connectivity index (χ1) is 14.8. The van der Waals surface area contributed by atoms with Crippen LogP contribution >= 0.6 is 0 Å². The van der Waals surface area contributed by atoms with Crippen molar-refractivity contribution in [1.29, 1.82) is 0 Å². The summed E-state index contributed by atoms with van der Waals surface area (Å²) in [6.45, 7) is 3.36. The minimum Gasteiger partial charge on any atom is -0.377 e. The molecule has 1 aliphatic rings. The molecule has 2 amide bonds. The third-order valence-corrected chi connectivity index (χ3v) is 5.68. The number of carbonyl (C=O) groups excluding carboxylic acids is 2. The van der Waals surface area contributed by atoms with Crippen molar-refractivity contribution in [3.8, 4) is 0 Å². The van der Waals surface area contributed by atoms with Crippen LogP contribution in [0.15, 0.2) is 24.4 Å². The lowest BCUT2D eigenvalue weighted by Gasteiger charge is -2.35. The molecule has 9 nitrogen and oxygen atoms in total. The first kappa shape index (κ1) is 21.0. The summed E-state index contributed by atoms with van der Waals surface area (Å²) in [6, 6.07) is 5.69. The maximum Gasteiger partial charge on any atom is 0.253 e. The molecule has 0 aliphatic carbocycles. The van der Waals surface area contributed by atoms with Crippen molar-refractivity contribution in [2.24, 2.45) is 7.05 Å². The number of aromatic amines is 1. The van der Waals surface area contributed by atoms with Gasteiger partial charge in [0.15, 0.2) is 5.82 Å². The number of nitrogens with one attached hydrogen (secondary N) is 1. The minimum absolute atomic E-state index is 0.00369. The number of hydrogen-bond donors (Lipinski definition) is 1. The van der Waals surface area contributed by atoms with Gasteiger partial charge < -0.3 is 19.1 Å². The fraction of sp³-hybridized carbons (Fsp3) is 0.455. The third kappa shape index (κ3) is 4.32. The maximum atomic E-state index is 13.0. The number of fused-ring (bicyclic) bond motifs is 1. The van der Waals surface area contributed by atoms with E-state index >= 15 is 0 Å². The lowest BCUT2D eigenvalue weighted by Crippen LogP contribution is -2.50. The molecule has 3 heterocycles. The Kier molecular flexibility index (Phi) is 5.77. The van der Waals surface area contributed by atoms with Crippen LogP contribution in [-0.4, -0.2) is 81.3 Å². The van der Waals surface area contributed by atoms with Gasteiger partial charge in [0.05, 0.1) is 25.7 Å². The third-order valence-electron chi connectivity index (χ3n) is 5.68. The number of ether oxygens (including phenoxy) is 1. The number of morpholine rings is 1. The summed E-state index contributed by atoms with van der Waals surface area (Å²) in [7, 11) is 5.49. The second-order valence-corrected chi connectivity index (χ2v) is 8.23. The number of H-pyrrole nitrogens is 1. The van der Waals surface area contributed by atoms with Crippen LogP contribution < -0.4 is 0 Å². The van der Waals surface area contributed by atoms with Crippen LogP contribution in [0.2, 0.25) is 0 Å². The molecule has 2 aromatic heterocycles. The molecule has 31 heavy (non-hydrogen) atoms. The van der Waals surface area contributed by atoms with Gasteiger partial charge in [0, 0.05) is 50.4 Å². The minimum atomic E-state index is -0.0832. The van der Waals surface area contributed by atoms with Gasteiger partial charge in [-0.25, -0.2) is 4.98 Å². The maximum absolute atomic E-state index is 13.0. The molecule has 0 saturated carbocycles. The molecule has 1 fully saturated rings. The Morgan fingerprint density at radius 3 is 2.84 bits per heavy atom. The van der Waals surface area contributed by atoms with Gasteiger partial charge in [0.2, 0.25) is 5.91 Å². The zero-order valence-corrected chi connectivity index (χ0v) is 18.4. The summed E-state index contributed by atoms with van der Waals surface area (Å²) in [5.74, 6) is 1.16. The number of hydrogen-bond acceptors (Lipinski definition) is 5. The number of aryl methyl sites for hydroxylation is 2. The first-order valence-electron chi connectivity index (χ1n) is 10.4. The second-order valence-electron chi connectivity index (χ2n) is 8.23. The van der Waals surface area contributed by atoms with E-state index in [1.165, 1.54) is 0 Å². The van der Waals surface area contributed by atoms with Gasteiger partial charge in [0.25, 0.3) is 5.91 Å². The van der Waals surface area contributed by atoms with E-state index in [1.807, 2.05) is 37.1 Å². The standard InChI is InChI=1S/C22H28N6O3/c1-14-23-20(25-24-14)11-21(29)28-7-8-31-13-17(28)9-16-12-27(4)19-6-5-15(10-18(16)19)22(30)26(2)3/h5-6,10,12,17H,7-9,11,13H2,1-4H3,(H,23,24,25)/t17-/m0/s1. The largest absolute Gasteiger partial charge is 0.377 e. The predicted octanol–water partition coefficient (Wildman–Crippen LogP) is 1.32.